The fourth-order valence-corrected chi connectivity index (χ4v) is 8.35. The number of ether oxygens (including phenoxy) is 3. The van der Waals surface area contributed by atoms with Gasteiger partial charge < -0.3 is 23.9 Å². The topological polar surface area (TPSA) is 140 Å². The van der Waals surface area contributed by atoms with Crippen LogP contribution in [0.1, 0.15) is 87.6 Å². The van der Waals surface area contributed by atoms with Gasteiger partial charge in [-0.15, -0.1) is 0 Å². The first-order chi connectivity index (χ1) is 23.8. The molecule has 0 bridgehead atoms. The first-order valence-corrected chi connectivity index (χ1v) is 19.2. The number of carboxylic acid groups (broad SMARTS) is 1. The molecule has 0 spiro atoms. The molecule has 0 radical (unpaired) electrons. The number of aromatic nitrogens is 1. The summed E-state index contributed by atoms with van der Waals surface area (Å²) in [5.41, 5.74) is 3.72. The lowest BCUT2D eigenvalue weighted by Gasteiger charge is -2.30. The molecule has 1 amide bonds. The van der Waals surface area contributed by atoms with E-state index in [1.807, 2.05) is 29.0 Å². The summed E-state index contributed by atoms with van der Waals surface area (Å²) >= 11 is 0. The summed E-state index contributed by atoms with van der Waals surface area (Å²) in [6.07, 6.45) is 6.33. The van der Waals surface area contributed by atoms with E-state index >= 15 is 0 Å². The number of benzene rings is 2. The normalized spacial score (nSPS) is 20.5. The Kier molecular flexibility index (Phi) is 10.8. The van der Waals surface area contributed by atoms with Crippen LogP contribution >= 0.6 is 0 Å². The third-order valence-electron chi connectivity index (χ3n) is 10.1. The van der Waals surface area contributed by atoms with Crippen molar-refractivity contribution in [1.82, 2.24) is 18.5 Å². The Hall–Kier alpha value is -3.65. The summed E-state index contributed by atoms with van der Waals surface area (Å²) in [7, 11) is -2.63. The lowest BCUT2D eigenvalue weighted by molar-refractivity contribution is -0.0142. The summed E-state index contributed by atoms with van der Waals surface area (Å²) < 4.78 is 49.1. The van der Waals surface area contributed by atoms with Crippen molar-refractivity contribution in [3.63, 3.8) is 0 Å². The number of fused-ring (bicyclic) bond motifs is 5. The minimum Gasteiger partial charge on any atom is -0.490 e. The number of para-hydroxylation sites is 1. The fourth-order valence-electron chi connectivity index (χ4n) is 7.62. The van der Waals surface area contributed by atoms with Crippen LogP contribution in [0.2, 0.25) is 0 Å². The number of hydrogen-bond acceptors (Lipinski definition) is 8. The molecule has 3 aromatic rings. The third-order valence-corrected chi connectivity index (χ3v) is 11.5. The second-order valence-corrected chi connectivity index (χ2v) is 16.5. The number of nitrogens with one attached hydrogen (secondary N) is 1. The maximum Gasteiger partial charge on any atom is 0.422 e. The Morgan fingerprint density at radius 2 is 1.82 bits per heavy atom. The molecule has 13 heteroatoms. The summed E-state index contributed by atoms with van der Waals surface area (Å²) in [5.74, 6) is 0.204. The van der Waals surface area contributed by atoms with Gasteiger partial charge in [0.05, 0.1) is 24.4 Å². The van der Waals surface area contributed by atoms with Gasteiger partial charge in [-0.1, -0.05) is 37.5 Å². The van der Waals surface area contributed by atoms with E-state index in [0.717, 1.165) is 64.4 Å². The molecule has 1 unspecified atom stereocenters. The van der Waals surface area contributed by atoms with E-state index in [0.29, 0.717) is 32.2 Å². The molecule has 3 heterocycles. The van der Waals surface area contributed by atoms with E-state index in [-0.39, 0.29) is 24.3 Å². The van der Waals surface area contributed by atoms with Crippen molar-refractivity contribution < 1.29 is 37.3 Å². The molecule has 272 valence electrons. The average molecular weight is 711 g/mol. The largest absolute Gasteiger partial charge is 0.490 e. The van der Waals surface area contributed by atoms with Gasteiger partial charge in [0.1, 0.15) is 24.1 Å². The van der Waals surface area contributed by atoms with Crippen LogP contribution in [0.25, 0.3) is 22.2 Å². The molecule has 2 N–H and O–H groups in total. The highest BCUT2D eigenvalue weighted by atomic mass is 32.2. The van der Waals surface area contributed by atoms with Crippen LogP contribution in [0.15, 0.2) is 42.5 Å². The quantitative estimate of drug-likeness (QED) is 0.260. The van der Waals surface area contributed by atoms with Crippen molar-refractivity contribution in [2.45, 2.75) is 95.9 Å². The number of amides is 1. The summed E-state index contributed by atoms with van der Waals surface area (Å²) in [5, 5.41) is 11.0. The number of aromatic carboxylic acids is 1. The van der Waals surface area contributed by atoms with Crippen LogP contribution in [-0.4, -0.2) is 97.0 Å². The smallest absolute Gasteiger partial charge is 0.422 e. The van der Waals surface area contributed by atoms with Crippen LogP contribution in [0.4, 0.5) is 4.79 Å². The zero-order chi connectivity index (χ0) is 35.6. The zero-order valence-corrected chi connectivity index (χ0v) is 30.3. The third kappa shape index (κ3) is 8.11. The second-order valence-electron chi connectivity index (χ2n) is 14.8. The standard InChI is InChI=1S/C37H50N4O8S/c1-37(2,3)49-36(44)38-50(45,46)39(4)19-20-40-18-10-13-27(40)23-47-28-22-41-31-21-26(35(42)43)16-17-29(31)33(25-11-6-5-7-12-25)34(41)30-14-8-9-15-32(30)48-24-28/h8-9,14-17,21,25,27-28H,5-7,10-13,18-20,22-24H2,1-4H3,(H,38,44)(H,42,43)/t27?,28-/m0/s1. The van der Waals surface area contributed by atoms with Gasteiger partial charge in [0, 0.05) is 42.6 Å². The van der Waals surface area contributed by atoms with E-state index in [1.54, 1.807) is 32.9 Å². The summed E-state index contributed by atoms with van der Waals surface area (Å²) in [4.78, 5) is 26.5. The van der Waals surface area contributed by atoms with Crippen molar-refractivity contribution in [1.29, 1.82) is 0 Å². The van der Waals surface area contributed by atoms with Gasteiger partial charge >= 0.3 is 22.3 Å². The molecular weight excluding hydrogens is 660 g/mol. The molecule has 1 saturated heterocycles. The SMILES string of the molecule is CN(CCN1CCCC1CO[C@@H]1COc2ccccc2-c2c(C3CCCCC3)c3ccc(C(=O)O)cc3n2C1)S(=O)(=O)NC(=O)OC(C)(C)C. The molecule has 1 aliphatic carbocycles. The van der Waals surface area contributed by atoms with E-state index in [2.05, 4.69) is 15.5 Å². The molecule has 1 saturated carbocycles. The maximum absolute atomic E-state index is 12.8. The van der Waals surface area contributed by atoms with E-state index in [1.165, 1.54) is 31.9 Å². The Labute approximate surface area is 294 Å². The van der Waals surface area contributed by atoms with Crippen molar-refractivity contribution in [3.8, 4) is 17.0 Å². The minimum atomic E-state index is -4.07. The molecule has 3 aliphatic rings. The predicted molar refractivity (Wildman–Crippen MR) is 191 cm³/mol. The lowest BCUT2D eigenvalue weighted by atomic mass is 9.81. The number of rotatable bonds is 10. The van der Waals surface area contributed by atoms with Gasteiger partial charge in [0.2, 0.25) is 0 Å². The number of carboxylic acids is 1. The monoisotopic (exact) mass is 710 g/mol. The van der Waals surface area contributed by atoms with Gasteiger partial charge in [-0.2, -0.15) is 12.7 Å². The Morgan fingerprint density at radius 3 is 2.56 bits per heavy atom. The number of carbonyl (C=O) groups is 2. The maximum atomic E-state index is 12.8. The summed E-state index contributed by atoms with van der Waals surface area (Å²) in [6.45, 7) is 7.75. The number of nitrogens with zero attached hydrogens (tertiary/aromatic N) is 3. The Balaban J connectivity index is 1.21. The van der Waals surface area contributed by atoms with Crippen molar-refractivity contribution in [2.24, 2.45) is 0 Å². The molecule has 50 heavy (non-hydrogen) atoms. The highest BCUT2D eigenvalue weighted by molar-refractivity contribution is 7.87. The van der Waals surface area contributed by atoms with Gasteiger partial charge in [0.25, 0.3) is 0 Å². The second kappa shape index (κ2) is 14.9. The van der Waals surface area contributed by atoms with E-state index in [9.17, 15) is 23.1 Å². The predicted octanol–water partition coefficient (Wildman–Crippen LogP) is 6.00. The average Bonchev–Trinajstić information content (AvgIpc) is 3.64. The molecule has 2 aromatic carbocycles. The van der Waals surface area contributed by atoms with Gasteiger partial charge in [-0.3, -0.25) is 4.90 Å². The number of hydrogen-bond donors (Lipinski definition) is 2. The van der Waals surface area contributed by atoms with Gasteiger partial charge in [-0.25, -0.2) is 14.3 Å². The van der Waals surface area contributed by atoms with Crippen LogP contribution in [0.3, 0.4) is 0 Å². The first kappa shape index (κ1) is 36.2. The van der Waals surface area contributed by atoms with Crippen molar-refractivity contribution in [3.05, 3.63) is 53.6 Å². The molecule has 1 aromatic heterocycles. The number of likely N-dealkylation sites (N-methyl/N-ethyl adjacent to an activating group) is 1. The Morgan fingerprint density at radius 1 is 1.06 bits per heavy atom. The van der Waals surface area contributed by atoms with Crippen LogP contribution in [0, 0.1) is 0 Å². The van der Waals surface area contributed by atoms with E-state index < -0.39 is 27.9 Å². The van der Waals surface area contributed by atoms with Crippen LogP contribution in [-0.2, 0) is 26.2 Å². The molecule has 2 aliphatic heterocycles. The lowest BCUT2D eigenvalue weighted by Crippen LogP contribution is -2.47. The fraction of sp³-hybridized carbons (Fsp3) is 0.568. The Bertz CT molecular complexity index is 1810. The molecule has 2 atom stereocenters. The highest BCUT2D eigenvalue weighted by Crippen LogP contribution is 2.47. The van der Waals surface area contributed by atoms with Gasteiger partial charge in [0.15, 0.2) is 0 Å². The van der Waals surface area contributed by atoms with Crippen LogP contribution < -0.4 is 9.46 Å². The highest BCUT2D eigenvalue weighted by Gasteiger charge is 2.33. The van der Waals surface area contributed by atoms with Crippen molar-refractivity contribution in [2.75, 3.05) is 39.9 Å². The number of likely N-dealkylation sites (tertiary alicyclic amines) is 1. The molecular formula is C37H50N4O8S. The minimum absolute atomic E-state index is 0.0833. The van der Waals surface area contributed by atoms with Crippen LogP contribution in [0.5, 0.6) is 5.75 Å². The van der Waals surface area contributed by atoms with Crippen molar-refractivity contribution >= 4 is 33.2 Å². The molecule has 12 nitrogen and oxygen atoms in total. The zero-order valence-electron chi connectivity index (χ0n) is 29.5. The summed E-state index contributed by atoms with van der Waals surface area (Å²) in [6, 6.07) is 13.7. The molecule has 2 fully saturated rings. The molecule has 6 rings (SSSR count). The van der Waals surface area contributed by atoms with Gasteiger partial charge in [-0.05, 0) is 88.7 Å². The number of carbonyl (C=O) groups excluding carboxylic acids is 1. The first-order valence-electron chi connectivity index (χ1n) is 17.7. The van der Waals surface area contributed by atoms with E-state index in [4.69, 9.17) is 14.2 Å².